The van der Waals surface area contributed by atoms with Crippen LogP contribution in [0.25, 0.3) is 28.0 Å². The smallest absolute Gasteiger partial charge is 0.350 e. The number of aryl methyl sites for hydroxylation is 1. The van der Waals surface area contributed by atoms with Crippen molar-refractivity contribution in [3.8, 4) is 16.9 Å². The lowest BCUT2D eigenvalue weighted by atomic mass is 10.0. The molecular weight excluding hydrogens is 633 g/mol. The first-order valence-electron chi connectivity index (χ1n) is 14.1. The van der Waals surface area contributed by atoms with E-state index in [2.05, 4.69) is 16.5 Å². The van der Waals surface area contributed by atoms with Crippen molar-refractivity contribution in [3.63, 3.8) is 0 Å². The molecule has 1 saturated heterocycles. The minimum Gasteiger partial charge on any atom is -0.350 e. The Kier molecular flexibility index (Phi) is 8.49. The van der Waals surface area contributed by atoms with E-state index in [1.54, 1.807) is 24.8 Å². The summed E-state index contributed by atoms with van der Waals surface area (Å²) in [7, 11) is -4.00. The normalized spacial score (nSPS) is 15.8. The summed E-state index contributed by atoms with van der Waals surface area (Å²) in [6, 6.07) is 6.20. The maximum absolute atomic E-state index is 16.0. The lowest BCUT2D eigenvalue weighted by Gasteiger charge is -2.40. The summed E-state index contributed by atoms with van der Waals surface area (Å²) in [4.78, 5) is 37.5. The zero-order chi connectivity index (χ0) is 33.7. The summed E-state index contributed by atoms with van der Waals surface area (Å²) in [6.45, 7) is 7.43. The number of aromatic nitrogens is 3. The highest BCUT2D eigenvalue weighted by molar-refractivity contribution is 7.90. The molecule has 1 amide bonds. The van der Waals surface area contributed by atoms with Crippen LogP contribution in [0.4, 0.5) is 27.8 Å². The molecule has 1 aliphatic rings. The predicted molar refractivity (Wildman–Crippen MR) is 162 cm³/mol. The molecule has 0 aliphatic carbocycles. The Morgan fingerprint density at radius 1 is 1.11 bits per heavy atom. The molecule has 0 saturated carbocycles. The van der Waals surface area contributed by atoms with E-state index in [9.17, 15) is 35.6 Å². The lowest BCUT2D eigenvalue weighted by Crippen LogP contribution is -2.54. The maximum Gasteiger partial charge on any atom is 0.417 e. The number of fused-ring (bicyclic) bond motifs is 1. The summed E-state index contributed by atoms with van der Waals surface area (Å²) in [5.41, 5.74) is -4.41. The summed E-state index contributed by atoms with van der Waals surface area (Å²) in [5, 5.41) is -0.119. The van der Waals surface area contributed by atoms with E-state index in [1.165, 1.54) is 17.0 Å². The number of benzene rings is 2. The molecule has 0 spiro atoms. The van der Waals surface area contributed by atoms with Gasteiger partial charge < -0.3 is 9.80 Å². The molecule has 46 heavy (non-hydrogen) atoms. The van der Waals surface area contributed by atoms with Gasteiger partial charge in [-0.05, 0) is 55.3 Å². The van der Waals surface area contributed by atoms with E-state index in [0.717, 1.165) is 23.0 Å². The number of anilines is 1. The van der Waals surface area contributed by atoms with Gasteiger partial charge in [0.05, 0.1) is 21.5 Å². The third kappa shape index (κ3) is 5.86. The van der Waals surface area contributed by atoms with Gasteiger partial charge in [0.15, 0.2) is 15.5 Å². The molecular formula is C31H28F5N5O4S. The number of para-hydroxylation sites is 1. The van der Waals surface area contributed by atoms with Crippen LogP contribution in [-0.2, 0) is 27.2 Å². The van der Waals surface area contributed by atoms with Gasteiger partial charge in [-0.3, -0.25) is 4.79 Å². The Morgan fingerprint density at radius 2 is 1.83 bits per heavy atom. The van der Waals surface area contributed by atoms with Crippen LogP contribution in [0.5, 0.6) is 0 Å². The first kappa shape index (κ1) is 32.7. The second-order valence-corrected chi connectivity index (χ2v) is 12.8. The lowest BCUT2D eigenvalue weighted by molar-refractivity contribution is -0.137. The SMILES string of the molecule is C=CC(=O)N1CCN(c2nc(=O)n(-c3c(CC)cccc3S(C)(=O)=O)c3nc(-c4cc(F)ccc4C(F)(F)F)c(F)cc23)[C@@H](C)C1. The molecule has 9 nitrogen and oxygen atoms in total. The van der Waals surface area contributed by atoms with Crippen LogP contribution in [0.15, 0.2) is 64.8 Å². The molecule has 1 atom stereocenters. The third-order valence-electron chi connectivity index (χ3n) is 7.82. The summed E-state index contributed by atoms with van der Waals surface area (Å²) in [5.74, 6) is -2.75. The van der Waals surface area contributed by atoms with E-state index in [-0.39, 0.29) is 53.7 Å². The van der Waals surface area contributed by atoms with Crippen LogP contribution >= 0.6 is 0 Å². The van der Waals surface area contributed by atoms with Crippen LogP contribution < -0.4 is 10.6 Å². The number of alkyl halides is 3. The molecule has 0 radical (unpaired) electrons. The molecule has 3 heterocycles. The molecule has 2 aromatic carbocycles. The summed E-state index contributed by atoms with van der Waals surface area (Å²) < 4.78 is 99.0. The topological polar surface area (TPSA) is 105 Å². The van der Waals surface area contributed by atoms with Crippen molar-refractivity contribution in [3.05, 3.63) is 88.4 Å². The maximum atomic E-state index is 16.0. The number of piperazine rings is 1. The Hall–Kier alpha value is -4.66. The van der Waals surface area contributed by atoms with Crippen LogP contribution in [-0.4, -0.2) is 65.7 Å². The number of hydrogen-bond acceptors (Lipinski definition) is 7. The molecule has 242 valence electrons. The van der Waals surface area contributed by atoms with Gasteiger partial charge in [0.1, 0.15) is 23.1 Å². The van der Waals surface area contributed by atoms with Gasteiger partial charge in [-0.1, -0.05) is 25.6 Å². The zero-order valence-corrected chi connectivity index (χ0v) is 25.7. The molecule has 0 bridgehead atoms. The van der Waals surface area contributed by atoms with E-state index in [4.69, 9.17) is 0 Å². The van der Waals surface area contributed by atoms with Crippen molar-refractivity contribution in [2.45, 2.75) is 37.4 Å². The number of pyridine rings is 1. The van der Waals surface area contributed by atoms with E-state index in [0.29, 0.717) is 23.8 Å². The largest absolute Gasteiger partial charge is 0.417 e. The summed E-state index contributed by atoms with van der Waals surface area (Å²) in [6.07, 6.45) is -2.72. The van der Waals surface area contributed by atoms with Crippen molar-refractivity contribution in [2.24, 2.45) is 0 Å². The zero-order valence-electron chi connectivity index (χ0n) is 24.9. The highest BCUT2D eigenvalue weighted by Gasteiger charge is 2.36. The number of hydrogen-bond donors (Lipinski definition) is 0. The first-order chi connectivity index (χ1) is 21.6. The average molecular weight is 662 g/mol. The highest BCUT2D eigenvalue weighted by atomic mass is 32.2. The second kappa shape index (κ2) is 11.9. The molecule has 15 heteroatoms. The molecule has 4 aromatic rings. The minimum absolute atomic E-state index is 0.0717. The average Bonchev–Trinajstić information content (AvgIpc) is 2.98. The Labute approximate surface area is 260 Å². The first-order valence-corrected chi connectivity index (χ1v) is 16.0. The number of sulfone groups is 1. The van der Waals surface area contributed by atoms with Gasteiger partial charge in [0.25, 0.3) is 0 Å². The molecule has 5 rings (SSSR count). The molecule has 0 unspecified atom stereocenters. The van der Waals surface area contributed by atoms with E-state index in [1.807, 2.05) is 0 Å². The Bertz CT molecular complexity index is 2060. The van der Waals surface area contributed by atoms with Gasteiger partial charge in [0, 0.05) is 37.5 Å². The molecule has 0 N–H and O–H groups in total. The van der Waals surface area contributed by atoms with Crippen molar-refractivity contribution in [1.29, 1.82) is 0 Å². The van der Waals surface area contributed by atoms with Gasteiger partial charge in [0.2, 0.25) is 5.91 Å². The Balaban J connectivity index is 1.90. The fourth-order valence-corrected chi connectivity index (χ4v) is 6.58. The Morgan fingerprint density at radius 3 is 2.43 bits per heavy atom. The molecule has 2 aromatic heterocycles. The number of halogens is 5. The van der Waals surface area contributed by atoms with Gasteiger partial charge in [-0.15, -0.1) is 0 Å². The predicted octanol–water partition coefficient (Wildman–Crippen LogP) is 4.93. The van der Waals surface area contributed by atoms with Crippen molar-refractivity contribution in [2.75, 3.05) is 30.8 Å². The number of carbonyl (C=O) groups excluding carboxylic acids is 1. The van der Waals surface area contributed by atoms with E-state index < -0.39 is 61.8 Å². The van der Waals surface area contributed by atoms with Gasteiger partial charge in [-0.2, -0.15) is 18.2 Å². The molecule has 1 aliphatic heterocycles. The number of carbonyl (C=O) groups is 1. The standard InChI is InChI=1S/C31H28F5N5O4S/c1-5-18-8-7-9-24(46(4,44)45)27(18)41-29-21(28(38-30(41)43)40-13-12-39(16-17(40)3)25(42)6-2)15-23(33)26(37-29)20-14-19(32)10-11-22(20)31(34,35)36/h6-11,14-15,17H,2,5,12-13,16H2,1,3-4H3/t17-/m0/s1. The summed E-state index contributed by atoms with van der Waals surface area (Å²) >= 11 is 0. The van der Waals surface area contributed by atoms with E-state index >= 15 is 4.39 Å². The number of nitrogens with zero attached hydrogens (tertiary/aromatic N) is 5. The van der Waals surface area contributed by atoms with Crippen LogP contribution in [0, 0.1) is 11.6 Å². The van der Waals surface area contributed by atoms with Crippen LogP contribution in [0.3, 0.4) is 0 Å². The number of rotatable bonds is 6. The quantitative estimate of drug-likeness (QED) is 0.213. The van der Waals surface area contributed by atoms with Crippen molar-refractivity contribution >= 4 is 32.6 Å². The fourth-order valence-electron chi connectivity index (χ4n) is 5.68. The van der Waals surface area contributed by atoms with Crippen molar-refractivity contribution in [1.82, 2.24) is 19.4 Å². The minimum atomic E-state index is -5.02. The van der Waals surface area contributed by atoms with Crippen LogP contribution in [0.2, 0.25) is 0 Å². The van der Waals surface area contributed by atoms with Crippen molar-refractivity contribution < 1.29 is 35.2 Å². The third-order valence-corrected chi connectivity index (χ3v) is 8.94. The van der Waals surface area contributed by atoms with Gasteiger partial charge in [-0.25, -0.2) is 31.5 Å². The fraction of sp³-hybridized carbons (Fsp3) is 0.290. The molecule has 1 fully saturated rings. The van der Waals surface area contributed by atoms with Crippen LogP contribution in [0.1, 0.15) is 25.0 Å². The monoisotopic (exact) mass is 661 g/mol. The van der Waals surface area contributed by atoms with Gasteiger partial charge >= 0.3 is 11.9 Å². The second-order valence-electron chi connectivity index (χ2n) is 10.9. The highest BCUT2D eigenvalue weighted by Crippen LogP contribution is 2.39. The number of amides is 1.